The van der Waals surface area contributed by atoms with E-state index < -0.39 is 0 Å². The first kappa shape index (κ1) is 12.2. The number of halogens is 2. The molecule has 5 heteroatoms. The number of aromatic amines is 1. The predicted molar refractivity (Wildman–Crippen MR) is 76.0 cm³/mol. The number of pyridine rings is 1. The Kier molecular flexibility index (Phi) is 3.01. The zero-order valence-corrected chi connectivity index (χ0v) is 11.2. The molecule has 0 saturated heterocycles. The molecule has 0 aliphatic heterocycles. The van der Waals surface area contributed by atoms with Crippen molar-refractivity contribution in [3.8, 4) is 0 Å². The number of aromatic nitrogens is 2. The number of nitrogens with zero attached hydrogens (tertiary/aromatic N) is 1. The van der Waals surface area contributed by atoms with Crippen molar-refractivity contribution in [1.29, 1.82) is 0 Å². The van der Waals surface area contributed by atoms with Crippen molar-refractivity contribution in [2.45, 2.75) is 0 Å². The summed E-state index contributed by atoms with van der Waals surface area (Å²) in [5, 5.41) is 1.65. The van der Waals surface area contributed by atoms with Crippen LogP contribution >= 0.6 is 23.2 Å². The molecule has 1 aromatic carbocycles. The van der Waals surface area contributed by atoms with E-state index in [0.717, 1.165) is 0 Å². The minimum absolute atomic E-state index is 0.136. The van der Waals surface area contributed by atoms with Crippen molar-refractivity contribution >= 4 is 40.0 Å². The Hall–Kier alpha value is -1.84. The van der Waals surface area contributed by atoms with Crippen molar-refractivity contribution < 1.29 is 4.79 Å². The van der Waals surface area contributed by atoms with Crippen LogP contribution in [-0.4, -0.2) is 15.8 Å². The molecule has 0 amide bonds. The van der Waals surface area contributed by atoms with E-state index in [1.807, 2.05) is 0 Å². The number of benzene rings is 1. The number of hydrogen-bond acceptors (Lipinski definition) is 2. The van der Waals surface area contributed by atoms with Gasteiger partial charge in [-0.3, -0.25) is 4.79 Å². The second-order valence-corrected chi connectivity index (χ2v) is 4.90. The van der Waals surface area contributed by atoms with Gasteiger partial charge in [0.25, 0.3) is 0 Å². The largest absolute Gasteiger partial charge is 0.345 e. The average Bonchev–Trinajstić information content (AvgIpc) is 2.83. The molecule has 0 aliphatic carbocycles. The first-order valence-electron chi connectivity index (χ1n) is 5.58. The van der Waals surface area contributed by atoms with Crippen LogP contribution in [0.4, 0.5) is 0 Å². The first-order valence-corrected chi connectivity index (χ1v) is 6.34. The van der Waals surface area contributed by atoms with Crippen molar-refractivity contribution in [1.82, 2.24) is 9.97 Å². The summed E-state index contributed by atoms with van der Waals surface area (Å²) < 4.78 is 0. The lowest BCUT2D eigenvalue weighted by Gasteiger charge is -2.01. The molecule has 0 fully saturated rings. The lowest BCUT2D eigenvalue weighted by atomic mass is 10.0. The molecule has 0 atom stereocenters. The molecule has 2 aromatic heterocycles. The third kappa shape index (κ3) is 2.11. The monoisotopic (exact) mass is 290 g/mol. The molecule has 3 rings (SSSR count). The molecule has 0 unspecified atom stereocenters. The Morgan fingerprint density at radius 1 is 1.21 bits per heavy atom. The van der Waals surface area contributed by atoms with Gasteiger partial charge in [-0.05, 0) is 18.2 Å². The van der Waals surface area contributed by atoms with Crippen LogP contribution in [0.5, 0.6) is 0 Å². The molecule has 0 spiro atoms. The highest BCUT2D eigenvalue weighted by atomic mass is 35.5. The van der Waals surface area contributed by atoms with Gasteiger partial charge in [-0.15, -0.1) is 0 Å². The normalized spacial score (nSPS) is 10.8. The highest BCUT2D eigenvalue weighted by Crippen LogP contribution is 2.27. The predicted octanol–water partition coefficient (Wildman–Crippen LogP) is 4.10. The summed E-state index contributed by atoms with van der Waals surface area (Å²) in [5.41, 5.74) is 1.61. The molecule has 0 radical (unpaired) electrons. The Labute approximate surface area is 119 Å². The Balaban J connectivity index is 2.17. The first-order chi connectivity index (χ1) is 9.16. The van der Waals surface area contributed by atoms with Crippen LogP contribution in [0.25, 0.3) is 11.0 Å². The molecule has 0 bridgehead atoms. The van der Waals surface area contributed by atoms with E-state index >= 15 is 0 Å². The van der Waals surface area contributed by atoms with E-state index in [2.05, 4.69) is 9.97 Å². The zero-order valence-electron chi connectivity index (χ0n) is 9.65. The number of hydrogen-bond donors (Lipinski definition) is 1. The summed E-state index contributed by atoms with van der Waals surface area (Å²) >= 11 is 12.0. The minimum atomic E-state index is -0.136. The van der Waals surface area contributed by atoms with Crippen molar-refractivity contribution in [3.05, 3.63) is 63.9 Å². The molecule has 19 heavy (non-hydrogen) atoms. The summed E-state index contributed by atoms with van der Waals surface area (Å²) in [4.78, 5) is 19.5. The molecule has 1 N–H and O–H groups in total. The fourth-order valence-corrected chi connectivity index (χ4v) is 2.42. The van der Waals surface area contributed by atoms with Crippen LogP contribution in [-0.2, 0) is 0 Å². The van der Waals surface area contributed by atoms with Gasteiger partial charge in [0.1, 0.15) is 5.65 Å². The number of nitrogens with one attached hydrogen (secondary N) is 1. The molecular weight excluding hydrogens is 283 g/mol. The van der Waals surface area contributed by atoms with Gasteiger partial charge in [0.2, 0.25) is 0 Å². The quantitative estimate of drug-likeness (QED) is 0.722. The van der Waals surface area contributed by atoms with Crippen LogP contribution in [0.1, 0.15) is 15.9 Å². The van der Waals surface area contributed by atoms with Gasteiger partial charge in [-0.1, -0.05) is 35.3 Å². The number of carbonyl (C=O) groups excluding carboxylic acids is 1. The number of rotatable bonds is 2. The second-order valence-electron chi connectivity index (χ2n) is 4.06. The lowest BCUT2D eigenvalue weighted by molar-refractivity contribution is 0.104. The molecule has 3 aromatic rings. The summed E-state index contributed by atoms with van der Waals surface area (Å²) in [6.45, 7) is 0. The Bertz CT molecular complexity index is 780. The van der Waals surface area contributed by atoms with Gasteiger partial charge in [0.05, 0.1) is 10.6 Å². The van der Waals surface area contributed by atoms with E-state index in [4.69, 9.17) is 23.2 Å². The zero-order chi connectivity index (χ0) is 13.4. The molecule has 0 aliphatic rings. The van der Waals surface area contributed by atoms with E-state index in [1.165, 1.54) is 0 Å². The Morgan fingerprint density at radius 3 is 2.84 bits per heavy atom. The van der Waals surface area contributed by atoms with Crippen LogP contribution in [0, 0.1) is 0 Å². The fraction of sp³-hybridized carbons (Fsp3) is 0. The van der Waals surface area contributed by atoms with E-state index in [0.29, 0.717) is 32.2 Å². The summed E-state index contributed by atoms with van der Waals surface area (Å²) in [6, 6.07) is 8.48. The number of H-pyrrole nitrogens is 1. The van der Waals surface area contributed by atoms with Crippen LogP contribution in [0.15, 0.2) is 42.7 Å². The van der Waals surface area contributed by atoms with E-state index in [-0.39, 0.29) is 5.78 Å². The minimum Gasteiger partial charge on any atom is -0.345 e. The van der Waals surface area contributed by atoms with Crippen LogP contribution < -0.4 is 0 Å². The van der Waals surface area contributed by atoms with Gasteiger partial charge in [-0.2, -0.15) is 0 Å². The molecular formula is C14H8Cl2N2O. The third-order valence-electron chi connectivity index (χ3n) is 2.85. The van der Waals surface area contributed by atoms with Crippen LogP contribution in [0.2, 0.25) is 10.0 Å². The second kappa shape index (κ2) is 4.68. The molecule has 94 valence electrons. The van der Waals surface area contributed by atoms with Gasteiger partial charge in [-0.25, -0.2) is 4.98 Å². The maximum Gasteiger partial charge on any atom is 0.195 e. The van der Waals surface area contributed by atoms with E-state index in [9.17, 15) is 4.79 Å². The topological polar surface area (TPSA) is 45.8 Å². The molecule has 0 saturated carbocycles. The maximum atomic E-state index is 12.5. The SMILES string of the molecule is O=C(c1cccc(Cl)c1)c1c[nH]c2nccc(Cl)c12. The standard InChI is InChI=1S/C14H8Cl2N2O/c15-9-3-1-2-8(6-9)13(19)10-7-18-14-12(10)11(16)4-5-17-14/h1-7H,(H,17,18). The summed E-state index contributed by atoms with van der Waals surface area (Å²) in [6.07, 6.45) is 3.21. The average molecular weight is 291 g/mol. The lowest BCUT2D eigenvalue weighted by Crippen LogP contribution is -2.00. The van der Waals surface area contributed by atoms with Crippen molar-refractivity contribution in [2.75, 3.05) is 0 Å². The third-order valence-corrected chi connectivity index (χ3v) is 3.40. The smallest absolute Gasteiger partial charge is 0.195 e. The highest BCUT2D eigenvalue weighted by Gasteiger charge is 2.16. The summed E-state index contributed by atoms with van der Waals surface area (Å²) in [5.74, 6) is -0.136. The highest BCUT2D eigenvalue weighted by molar-refractivity contribution is 6.37. The molecule has 2 heterocycles. The number of ketones is 1. The van der Waals surface area contributed by atoms with Crippen molar-refractivity contribution in [2.24, 2.45) is 0 Å². The van der Waals surface area contributed by atoms with Gasteiger partial charge >= 0.3 is 0 Å². The number of fused-ring (bicyclic) bond motifs is 1. The maximum absolute atomic E-state index is 12.5. The van der Waals surface area contributed by atoms with E-state index in [1.54, 1.807) is 42.7 Å². The fourth-order valence-electron chi connectivity index (χ4n) is 1.98. The Morgan fingerprint density at radius 2 is 2.05 bits per heavy atom. The number of carbonyl (C=O) groups is 1. The summed E-state index contributed by atoms with van der Waals surface area (Å²) in [7, 11) is 0. The van der Waals surface area contributed by atoms with Gasteiger partial charge in [0, 0.05) is 28.4 Å². The van der Waals surface area contributed by atoms with Gasteiger partial charge < -0.3 is 4.98 Å². The van der Waals surface area contributed by atoms with Gasteiger partial charge in [0.15, 0.2) is 5.78 Å². The molecule has 3 nitrogen and oxygen atoms in total. The van der Waals surface area contributed by atoms with Crippen LogP contribution in [0.3, 0.4) is 0 Å². The van der Waals surface area contributed by atoms with Crippen molar-refractivity contribution in [3.63, 3.8) is 0 Å².